The van der Waals surface area contributed by atoms with Crippen molar-refractivity contribution in [3.05, 3.63) is 40.3 Å². The van der Waals surface area contributed by atoms with Crippen LogP contribution in [0.5, 0.6) is 5.75 Å². The number of aromatic nitrogens is 3. The maximum atomic E-state index is 12.4. The van der Waals surface area contributed by atoms with Gasteiger partial charge in [0.05, 0.1) is 30.6 Å². The number of nitriles is 1. The van der Waals surface area contributed by atoms with Gasteiger partial charge in [0, 0.05) is 0 Å². The number of carbonyl (C=O) groups excluding carboxylic acids is 2. The number of aromatic amines is 1. The summed E-state index contributed by atoms with van der Waals surface area (Å²) in [7, 11) is 1.57. The summed E-state index contributed by atoms with van der Waals surface area (Å²) in [5.41, 5.74) is 1.50. The summed E-state index contributed by atoms with van der Waals surface area (Å²) >= 11 is 2.19. The lowest BCUT2D eigenvalue weighted by atomic mass is 10.2. The predicted octanol–water partition coefficient (Wildman–Crippen LogP) is 3.63. The van der Waals surface area contributed by atoms with Crippen molar-refractivity contribution in [2.75, 3.05) is 24.8 Å². The lowest BCUT2D eigenvalue weighted by molar-refractivity contribution is -0.113. The van der Waals surface area contributed by atoms with Gasteiger partial charge in [-0.15, -0.1) is 21.5 Å². The number of nitrogens with one attached hydrogen (secondary N) is 2. The van der Waals surface area contributed by atoms with E-state index < -0.39 is 5.97 Å². The Labute approximate surface area is 186 Å². The van der Waals surface area contributed by atoms with Gasteiger partial charge in [-0.05, 0) is 31.5 Å². The fourth-order valence-corrected chi connectivity index (χ4v) is 4.37. The minimum absolute atomic E-state index is 0.0388. The van der Waals surface area contributed by atoms with Crippen molar-refractivity contribution in [1.29, 1.82) is 5.26 Å². The summed E-state index contributed by atoms with van der Waals surface area (Å²) in [6, 6.07) is 9.42. The molecule has 3 rings (SSSR count). The number of benzene rings is 1. The number of methoxy groups -OCH3 is 1. The van der Waals surface area contributed by atoms with Crippen LogP contribution >= 0.6 is 23.1 Å². The Morgan fingerprint density at radius 2 is 2.10 bits per heavy atom. The van der Waals surface area contributed by atoms with Crippen LogP contribution in [0.15, 0.2) is 29.4 Å². The molecular formula is C20H19N5O4S2. The number of para-hydroxylation sites is 1. The van der Waals surface area contributed by atoms with Crippen LogP contribution in [0.4, 0.5) is 5.00 Å². The molecule has 2 aromatic heterocycles. The zero-order valence-electron chi connectivity index (χ0n) is 17.0. The second kappa shape index (κ2) is 10.1. The van der Waals surface area contributed by atoms with Crippen LogP contribution in [-0.2, 0) is 9.53 Å². The normalized spacial score (nSPS) is 10.4. The van der Waals surface area contributed by atoms with Crippen molar-refractivity contribution in [2.45, 2.75) is 19.0 Å². The maximum absolute atomic E-state index is 12.4. The summed E-state index contributed by atoms with van der Waals surface area (Å²) in [5, 5.41) is 21.0. The Hall–Kier alpha value is -3.36. The molecule has 0 unspecified atom stereocenters. The van der Waals surface area contributed by atoms with Gasteiger partial charge in [0.15, 0.2) is 11.0 Å². The molecule has 0 aliphatic heterocycles. The fourth-order valence-electron chi connectivity index (χ4n) is 2.70. The van der Waals surface area contributed by atoms with Gasteiger partial charge < -0.3 is 19.8 Å². The third-order valence-corrected chi connectivity index (χ3v) is 6.19. The smallest absolute Gasteiger partial charge is 0.348 e. The average molecular weight is 458 g/mol. The Balaban J connectivity index is 1.66. The van der Waals surface area contributed by atoms with Crippen molar-refractivity contribution >= 4 is 40.0 Å². The molecule has 3 aromatic rings. The number of carbonyl (C=O) groups is 2. The molecule has 1 amide bonds. The summed E-state index contributed by atoms with van der Waals surface area (Å²) in [4.78, 5) is 27.8. The Morgan fingerprint density at radius 1 is 1.32 bits per heavy atom. The topological polar surface area (TPSA) is 130 Å². The van der Waals surface area contributed by atoms with E-state index >= 15 is 0 Å². The van der Waals surface area contributed by atoms with E-state index in [-0.39, 0.29) is 23.8 Å². The van der Waals surface area contributed by atoms with Crippen LogP contribution in [0.25, 0.3) is 11.4 Å². The van der Waals surface area contributed by atoms with E-state index in [1.165, 1.54) is 0 Å². The molecule has 0 aliphatic rings. The van der Waals surface area contributed by atoms with Crippen molar-refractivity contribution in [3.8, 4) is 23.2 Å². The number of hydrogen-bond donors (Lipinski definition) is 2. The van der Waals surface area contributed by atoms with E-state index in [2.05, 4.69) is 20.5 Å². The van der Waals surface area contributed by atoms with Gasteiger partial charge in [-0.25, -0.2) is 4.79 Å². The Morgan fingerprint density at radius 3 is 2.81 bits per heavy atom. The highest BCUT2D eigenvalue weighted by Crippen LogP contribution is 2.33. The van der Waals surface area contributed by atoms with Crippen LogP contribution in [-0.4, -0.2) is 46.5 Å². The molecule has 1 aromatic carbocycles. The van der Waals surface area contributed by atoms with E-state index in [0.717, 1.165) is 28.7 Å². The Bertz CT molecular complexity index is 1150. The standard InChI is InChI=1S/C20H19N5O4S2/c1-4-29-19(27)16-11(2)13(9-21)18(31-16)22-15(26)10-30-20-23-17(24-25-20)12-7-5-6-8-14(12)28-3/h5-8H,4,10H2,1-3H3,(H,22,26)(H,23,24,25). The molecular weight excluding hydrogens is 438 g/mol. The molecule has 31 heavy (non-hydrogen) atoms. The second-order valence-corrected chi connectivity index (χ2v) is 8.09. The zero-order chi connectivity index (χ0) is 22.4. The van der Waals surface area contributed by atoms with Crippen LogP contribution < -0.4 is 10.1 Å². The van der Waals surface area contributed by atoms with E-state index in [1.54, 1.807) is 21.0 Å². The summed E-state index contributed by atoms with van der Waals surface area (Å²) in [5.74, 6) is 0.370. The molecule has 0 bridgehead atoms. The number of H-pyrrole nitrogens is 1. The second-order valence-electron chi connectivity index (χ2n) is 6.11. The molecule has 0 atom stereocenters. The largest absolute Gasteiger partial charge is 0.496 e. The molecule has 2 N–H and O–H groups in total. The van der Waals surface area contributed by atoms with Gasteiger partial charge >= 0.3 is 5.97 Å². The molecule has 0 saturated carbocycles. The zero-order valence-corrected chi connectivity index (χ0v) is 18.6. The van der Waals surface area contributed by atoms with Crippen molar-refractivity contribution < 1.29 is 19.1 Å². The molecule has 2 heterocycles. The number of amides is 1. The van der Waals surface area contributed by atoms with Crippen molar-refractivity contribution in [3.63, 3.8) is 0 Å². The first kappa shape index (κ1) is 22.3. The molecule has 0 fully saturated rings. The number of thioether (sulfide) groups is 1. The number of nitrogens with zero attached hydrogens (tertiary/aromatic N) is 3. The fraction of sp³-hybridized carbons (Fsp3) is 0.250. The first-order chi connectivity index (χ1) is 15.0. The van der Waals surface area contributed by atoms with E-state index in [9.17, 15) is 14.9 Å². The number of anilines is 1. The Kier molecular flexibility index (Phi) is 7.28. The van der Waals surface area contributed by atoms with Crippen LogP contribution in [0.2, 0.25) is 0 Å². The molecule has 11 heteroatoms. The average Bonchev–Trinajstić information content (AvgIpc) is 3.36. The minimum Gasteiger partial charge on any atom is -0.496 e. The van der Waals surface area contributed by atoms with Crippen LogP contribution in [0, 0.1) is 18.3 Å². The lowest BCUT2D eigenvalue weighted by Gasteiger charge is -2.04. The quantitative estimate of drug-likeness (QED) is 0.387. The van der Waals surface area contributed by atoms with Gasteiger partial charge in [-0.2, -0.15) is 5.26 Å². The number of esters is 1. The van der Waals surface area contributed by atoms with Gasteiger partial charge in [0.1, 0.15) is 21.7 Å². The SMILES string of the molecule is CCOC(=O)c1sc(NC(=O)CSc2nnc(-c3ccccc3OC)[nH]2)c(C#N)c1C. The van der Waals surface area contributed by atoms with Crippen LogP contribution in [0.3, 0.4) is 0 Å². The monoisotopic (exact) mass is 457 g/mol. The summed E-state index contributed by atoms with van der Waals surface area (Å²) in [6.45, 7) is 3.58. The van der Waals surface area contributed by atoms with Gasteiger partial charge in [0.2, 0.25) is 5.91 Å². The van der Waals surface area contributed by atoms with Gasteiger partial charge in [-0.1, -0.05) is 23.9 Å². The number of rotatable bonds is 8. The third kappa shape index (κ3) is 5.04. The number of ether oxygens (including phenoxy) is 2. The van der Waals surface area contributed by atoms with E-state index in [0.29, 0.717) is 32.2 Å². The number of hydrogen-bond acceptors (Lipinski definition) is 9. The van der Waals surface area contributed by atoms with Crippen LogP contribution in [0.1, 0.15) is 27.7 Å². The maximum Gasteiger partial charge on any atom is 0.348 e. The lowest BCUT2D eigenvalue weighted by Crippen LogP contribution is -2.14. The highest BCUT2D eigenvalue weighted by atomic mass is 32.2. The molecule has 9 nitrogen and oxygen atoms in total. The van der Waals surface area contributed by atoms with E-state index in [4.69, 9.17) is 9.47 Å². The van der Waals surface area contributed by atoms with Gasteiger partial charge in [-0.3, -0.25) is 4.79 Å². The molecule has 160 valence electrons. The van der Waals surface area contributed by atoms with Crippen molar-refractivity contribution in [1.82, 2.24) is 15.2 Å². The highest BCUT2D eigenvalue weighted by Gasteiger charge is 2.22. The van der Waals surface area contributed by atoms with Crippen molar-refractivity contribution in [2.24, 2.45) is 0 Å². The summed E-state index contributed by atoms with van der Waals surface area (Å²) in [6.07, 6.45) is 0. The molecule has 0 spiro atoms. The molecule has 0 radical (unpaired) electrons. The summed E-state index contributed by atoms with van der Waals surface area (Å²) < 4.78 is 10.3. The minimum atomic E-state index is -0.512. The van der Waals surface area contributed by atoms with Gasteiger partial charge in [0.25, 0.3) is 0 Å². The molecule has 0 aliphatic carbocycles. The first-order valence-electron chi connectivity index (χ1n) is 9.17. The third-order valence-electron chi connectivity index (χ3n) is 4.14. The first-order valence-corrected chi connectivity index (χ1v) is 11.0. The van der Waals surface area contributed by atoms with E-state index in [1.807, 2.05) is 30.3 Å². The predicted molar refractivity (Wildman–Crippen MR) is 117 cm³/mol. The molecule has 0 saturated heterocycles. The highest BCUT2D eigenvalue weighted by molar-refractivity contribution is 7.99. The number of thiophene rings is 1.